The molecule has 0 saturated carbocycles. The van der Waals surface area contributed by atoms with E-state index in [0.717, 1.165) is 40.6 Å². The SMILES string of the molecule is CCCCCCn1c2ccccc2c2nnc(N/N=C/c3cc(Br)c(O)c(OC)c3)nc21. The van der Waals surface area contributed by atoms with E-state index < -0.39 is 0 Å². The number of benzene rings is 2. The number of aromatic hydroxyl groups is 1. The van der Waals surface area contributed by atoms with Crippen molar-refractivity contribution < 1.29 is 9.84 Å². The van der Waals surface area contributed by atoms with Crippen LogP contribution in [-0.4, -0.2) is 38.2 Å². The number of phenols is 1. The van der Waals surface area contributed by atoms with Gasteiger partial charge in [0.1, 0.15) is 5.52 Å². The summed E-state index contributed by atoms with van der Waals surface area (Å²) < 4.78 is 7.90. The van der Waals surface area contributed by atoms with E-state index in [1.807, 2.05) is 12.1 Å². The van der Waals surface area contributed by atoms with Crippen LogP contribution in [0.15, 0.2) is 46.0 Å². The van der Waals surface area contributed by atoms with Crippen LogP contribution in [0.1, 0.15) is 38.2 Å². The van der Waals surface area contributed by atoms with Gasteiger partial charge in [-0.25, -0.2) is 5.43 Å². The van der Waals surface area contributed by atoms with Gasteiger partial charge >= 0.3 is 0 Å². The van der Waals surface area contributed by atoms with E-state index in [1.165, 1.54) is 26.4 Å². The highest BCUT2D eigenvalue weighted by molar-refractivity contribution is 9.10. The van der Waals surface area contributed by atoms with Crippen LogP contribution in [0.2, 0.25) is 0 Å². The lowest BCUT2D eigenvalue weighted by Gasteiger charge is -2.07. The maximum Gasteiger partial charge on any atom is 0.265 e. The Hall–Kier alpha value is -3.20. The van der Waals surface area contributed by atoms with Crippen molar-refractivity contribution in [3.8, 4) is 11.5 Å². The quantitative estimate of drug-likeness (QED) is 0.181. The average Bonchev–Trinajstić information content (AvgIpc) is 3.12. The number of fused-ring (bicyclic) bond motifs is 3. The number of nitrogens with one attached hydrogen (secondary N) is 1. The smallest absolute Gasteiger partial charge is 0.265 e. The van der Waals surface area contributed by atoms with Gasteiger partial charge < -0.3 is 14.4 Å². The van der Waals surface area contributed by atoms with Gasteiger partial charge in [0.15, 0.2) is 17.1 Å². The molecule has 2 aromatic carbocycles. The Labute approximate surface area is 194 Å². The third kappa shape index (κ3) is 4.52. The molecule has 0 spiro atoms. The zero-order valence-corrected chi connectivity index (χ0v) is 19.6. The molecule has 0 radical (unpaired) electrons. The fourth-order valence-electron chi connectivity index (χ4n) is 3.66. The number of nitrogens with zero attached hydrogens (tertiary/aromatic N) is 5. The van der Waals surface area contributed by atoms with Crippen LogP contribution in [0, 0.1) is 0 Å². The predicted octanol–water partition coefficient (Wildman–Crippen LogP) is 5.48. The maximum atomic E-state index is 9.94. The third-order valence-electron chi connectivity index (χ3n) is 5.26. The summed E-state index contributed by atoms with van der Waals surface area (Å²) in [6.07, 6.45) is 6.30. The second-order valence-electron chi connectivity index (χ2n) is 7.46. The van der Waals surface area contributed by atoms with Crippen molar-refractivity contribution in [1.29, 1.82) is 0 Å². The fourth-order valence-corrected chi connectivity index (χ4v) is 4.12. The van der Waals surface area contributed by atoms with Crippen molar-refractivity contribution in [2.24, 2.45) is 5.10 Å². The maximum absolute atomic E-state index is 9.94. The van der Waals surface area contributed by atoms with E-state index in [0.29, 0.717) is 16.2 Å². The van der Waals surface area contributed by atoms with E-state index in [2.05, 4.69) is 60.3 Å². The molecule has 8 nitrogen and oxygen atoms in total. The second-order valence-corrected chi connectivity index (χ2v) is 8.32. The second kappa shape index (κ2) is 9.95. The molecule has 0 aliphatic carbocycles. The number of hydrazone groups is 1. The lowest BCUT2D eigenvalue weighted by atomic mass is 10.2. The van der Waals surface area contributed by atoms with E-state index in [-0.39, 0.29) is 5.75 Å². The van der Waals surface area contributed by atoms with Crippen LogP contribution in [0.5, 0.6) is 11.5 Å². The topological polar surface area (TPSA) is 97.5 Å². The Bertz CT molecular complexity index is 1270. The number of rotatable bonds is 9. The molecule has 0 amide bonds. The molecule has 0 atom stereocenters. The van der Waals surface area contributed by atoms with Crippen molar-refractivity contribution in [1.82, 2.24) is 19.7 Å². The summed E-state index contributed by atoms with van der Waals surface area (Å²) >= 11 is 3.31. The summed E-state index contributed by atoms with van der Waals surface area (Å²) in [5.41, 5.74) is 6.29. The number of phenolic OH excluding ortho intramolecular Hbond substituents is 1. The number of aryl methyl sites for hydroxylation is 1. The first-order chi connectivity index (χ1) is 15.6. The van der Waals surface area contributed by atoms with E-state index in [9.17, 15) is 5.11 Å². The molecule has 2 heterocycles. The van der Waals surface area contributed by atoms with E-state index >= 15 is 0 Å². The summed E-state index contributed by atoms with van der Waals surface area (Å²) in [4.78, 5) is 4.70. The third-order valence-corrected chi connectivity index (χ3v) is 5.86. The summed E-state index contributed by atoms with van der Waals surface area (Å²) in [6.45, 7) is 3.09. The van der Waals surface area contributed by atoms with Crippen molar-refractivity contribution in [2.45, 2.75) is 39.2 Å². The normalized spacial score (nSPS) is 11.6. The highest BCUT2D eigenvalue weighted by atomic mass is 79.9. The van der Waals surface area contributed by atoms with Gasteiger partial charge in [-0.15, -0.1) is 10.2 Å². The van der Waals surface area contributed by atoms with Gasteiger partial charge in [0.25, 0.3) is 5.95 Å². The zero-order chi connectivity index (χ0) is 22.5. The molecule has 0 fully saturated rings. The Morgan fingerprint density at radius 2 is 2.03 bits per heavy atom. The molecule has 166 valence electrons. The van der Waals surface area contributed by atoms with Crippen LogP contribution in [0.3, 0.4) is 0 Å². The Morgan fingerprint density at radius 1 is 1.19 bits per heavy atom. The molecule has 2 aromatic heterocycles. The van der Waals surface area contributed by atoms with Gasteiger partial charge in [0.2, 0.25) is 0 Å². The zero-order valence-electron chi connectivity index (χ0n) is 18.0. The summed E-state index contributed by atoms with van der Waals surface area (Å²) in [5.74, 6) is 0.714. The molecule has 4 aromatic rings. The molecule has 4 rings (SSSR count). The van der Waals surface area contributed by atoms with Crippen LogP contribution < -0.4 is 10.2 Å². The minimum Gasteiger partial charge on any atom is -0.503 e. The lowest BCUT2D eigenvalue weighted by molar-refractivity contribution is 0.372. The number of methoxy groups -OCH3 is 1. The molecular formula is C23H25BrN6O2. The standard InChI is InChI=1S/C23H25BrN6O2/c1-3-4-5-8-11-30-18-10-7-6-9-16(18)20-22(30)26-23(29-27-20)28-25-14-15-12-17(24)21(31)19(13-15)32-2/h6-7,9-10,12-14,31H,3-5,8,11H2,1-2H3,(H,26,28,29)/b25-14+. The molecule has 9 heteroatoms. The molecule has 0 unspecified atom stereocenters. The first kappa shape index (κ1) is 22.0. The first-order valence-corrected chi connectivity index (χ1v) is 11.4. The van der Waals surface area contributed by atoms with Crippen molar-refractivity contribution in [2.75, 3.05) is 12.5 Å². The van der Waals surface area contributed by atoms with Gasteiger partial charge in [0, 0.05) is 11.9 Å². The van der Waals surface area contributed by atoms with Gasteiger partial charge in [0.05, 0.1) is 23.3 Å². The number of halogens is 1. The summed E-state index contributed by atoms with van der Waals surface area (Å²) in [7, 11) is 1.50. The highest BCUT2D eigenvalue weighted by Gasteiger charge is 2.14. The highest BCUT2D eigenvalue weighted by Crippen LogP contribution is 2.34. The number of hydrogen-bond acceptors (Lipinski definition) is 7. The molecule has 2 N–H and O–H groups in total. The minimum atomic E-state index is 0.0439. The fraction of sp³-hybridized carbons (Fsp3) is 0.304. The Morgan fingerprint density at radius 3 is 2.84 bits per heavy atom. The molecular weight excluding hydrogens is 472 g/mol. The molecule has 32 heavy (non-hydrogen) atoms. The van der Waals surface area contributed by atoms with Crippen LogP contribution >= 0.6 is 15.9 Å². The van der Waals surface area contributed by atoms with E-state index in [4.69, 9.17) is 9.72 Å². The summed E-state index contributed by atoms with van der Waals surface area (Å²) in [5, 5.41) is 23.8. The Balaban J connectivity index is 1.61. The monoisotopic (exact) mass is 496 g/mol. The van der Waals surface area contributed by atoms with Gasteiger partial charge in [-0.05, 0) is 46.1 Å². The lowest BCUT2D eigenvalue weighted by Crippen LogP contribution is -2.03. The van der Waals surface area contributed by atoms with Gasteiger partial charge in [-0.3, -0.25) is 0 Å². The van der Waals surface area contributed by atoms with Crippen LogP contribution in [0.25, 0.3) is 22.1 Å². The van der Waals surface area contributed by atoms with Crippen LogP contribution in [0.4, 0.5) is 5.95 Å². The number of anilines is 1. The van der Waals surface area contributed by atoms with Crippen LogP contribution in [-0.2, 0) is 6.54 Å². The number of aromatic nitrogens is 4. The number of unbranched alkanes of at least 4 members (excludes halogenated alkanes) is 3. The van der Waals surface area contributed by atoms with Crippen molar-refractivity contribution >= 4 is 50.2 Å². The van der Waals surface area contributed by atoms with Gasteiger partial charge in [-0.2, -0.15) is 10.1 Å². The van der Waals surface area contributed by atoms with E-state index in [1.54, 1.807) is 18.3 Å². The minimum absolute atomic E-state index is 0.0439. The summed E-state index contributed by atoms with van der Waals surface area (Å²) in [6, 6.07) is 11.6. The van der Waals surface area contributed by atoms with Gasteiger partial charge in [-0.1, -0.05) is 44.4 Å². The first-order valence-electron chi connectivity index (χ1n) is 10.6. The number of ether oxygens (including phenoxy) is 1. The molecule has 0 saturated heterocycles. The average molecular weight is 497 g/mol. The molecule has 0 bridgehead atoms. The largest absolute Gasteiger partial charge is 0.503 e. The predicted molar refractivity (Wildman–Crippen MR) is 131 cm³/mol. The molecule has 0 aliphatic heterocycles. The number of para-hydroxylation sites is 1. The van der Waals surface area contributed by atoms with Crippen molar-refractivity contribution in [3.63, 3.8) is 0 Å². The molecule has 0 aliphatic rings. The Kier molecular flexibility index (Phi) is 6.84. The van der Waals surface area contributed by atoms with Crippen molar-refractivity contribution in [3.05, 3.63) is 46.4 Å². The number of hydrogen-bond donors (Lipinski definition) is 2.